The van der Waals surface area contributed by atoms with Gasteiger partial charge in [-0.2, -0.15) is 0 Å². The Balaban J connectivity index is 1.32. The maximum atomic E-state index is 12.1. The molecule has 1 saturated heterocycles. The number of ether oxygens (including phenoxy) is 1. The summed E-state index contributed by atoms with van der Waals surface area (Å²) in [7, 11) is 1.51. The van der Waals surface area contributed by atoms with Crippen LogP contribution in [0.5, 0.6) is 0 Å². The van der Waals surface area contributed by atoms with Crippen LogP contribution in [0.2, 0.25) is 0 Å². The number of benzene rings is 1. The molecule has 0 spiro atoms. The van der Waals surface area contributed by atoms with Gasteiger partial charge in [0.15, 0.2) is 5.82 Å². The summed E-state index contributed by atoms with van der Waals surface area (Å²) in [5.41, 5.74) is 2.42. The Morgan fingerprint density at radius 1 is 1.19 bits per heavy atom. The maximum absolute atomic E-state index is 12.1. The number of nitrogens with one attached hydrogen (secondary N) is 1. The largest absolute Gasteiger partial charge is 0.469 e. The summed E-state index contributed by atoms with van der Waals surface area (Å²) in [5, 5.41) is 4.37. The van der Waals surface area contributed by atoms with Gasteiger partial charge in [-0.05, 0) is 53.7 Å². The Hall–Kier alpha value is -2.12. The van der Waals surface area contributed by atoms with Crippen molar-refractivity contribution in [3.63, 3.8) is 0 Å². The fourth-order valence-electron chi connectivity index (χ4n) is 5.94. The molecule has 2 bridgehead atoms. The van der Waals surface area contributed by atoms with E-state index in [9.17, 15) is 4.79 Å². The van der Waals surface area contributed by atoms with E-state index in [1.807, 2.05) is 0 Å². The zero-order valence-corrected chi connectivity index (χ0v) is 19.2. The van der Waals surface area contributed by atoms with E-state index in [1.165, 1.54) is 24.0 Å². The van der Waals surface area contributed by atoms with E-state index in [1.54, 1.807) is 24.2 Å². The van der Waals surface area contributed by atoms with Gasteiger partial charge < -0.3 is 10.1 Å². The first-order chi connectivity index (χ1) is 15.0. The molecule has 3 aliphatic rings. The van der Waals surface area contributed by atoms with Gasteiger partial charge in [0.2, 0.25) is 0 Å². The van der Waals surface area contributed by atoms with Crippen LogP contribution in [-0.4, -0.2) is 41.0 Å². The fraction of sp³-hybridized carbons (Fsp3) is 0.542. The van der Waals surface area contributed by atoms with Crippen LogP contribution in [0.15, 0.2) is 40.5 Å². The van der Waals surface area contributed by atoms with Gasteiger partial charge in [0.1, 0.15) is 5.03 Å². The molecule has 7 heteroatoms. The minimum absolute atomic E-state index is 0.0589. The monoisotopic (exact) mass is 438 g/mol. The molecule has 2 aromatic rings. The van der Waals surface area contributed by atoms with E-state index in [2.05, 4.69) is 52.2 Å². The molecular formula is C24H30N4O2S. The molecule has 4 unspecified atom stereocenters. The lowest BCUT2D eigenvalue weighted by molar-refractivity contribution is -0.146. The molecule has 31 heavy (non-hydrogen) atoms. The highest BCUT2D eigenvalue weighted by atomic mass is 32.2. The van der Waals surface area contributed by atoms with Gasteiger partial charge in [0.05, 0.1) is 12.8 Å². The Labute approximate surface area is 188 Å². The van der Waals surface area contributed by atoms with Crippen molar-refractivity contribution in [2.24, 2.45) is 29.6 Å². The molecule has 1 saturated carbocycles. The summed E-state index contributed by atoms with van der Waals surface area (Å²) >= 11 is 1.67. The van der Waals surface area contributed by atoms with Crippen LogP contribution < -0.4 is 5.32 Å². The lowest BCUT2D eigenvalue weighted by Gasteiger charge is -2.52. The number of fused-ring (bicyclic) bond motifs is 4. The van der Waals surface area contributed by atoms with Gasteiger partial charge in [0.25, 0.3) is 0 Å². The van der Waals surface area contributed by atoms with Crippen LogP contribution in [0.4, 0.5) is 11.5 Å². The summed E-state index contributed by atoms with van der Waals surface area (Å²) < 4.78 is 5.02. The van der Waals surface area contributed by atoms with E-state index in [0.29, 0.717) is 36.0 Å². The van der Waals surface area contributed by atoms with E-state index >= 15 is 0 Å². The minimum Gasteiger partial charge on any atom is -0.469 e. The van der Waals surface area contributed by atoms with Crippen molar-refractivity contribution in [2.75, 3.05) is 25.5 Å². The number of anilines is 2. The number of nitrogens with zero attached hydrogens (tertiary/aromatic N) is 3. The second-order valence-electron chi connectivity index (χ2n) is 9.42. The topological polar surface area (TPSA) is 67.3 Å². The van der Waals surface area contributed by atoms with Crippen LogP contribution in [0.25, 0.3) is 0 Å². The molecule has 0 amide bonds. The summed E-state index contributed by atoms with van der Waals surface area (Å²) in [5.74, 6) is 3.61. The molecular weight excluding hydrogens is 408 g/mol. The molecule has 2 aliphatic heterocycles. The van der Waals surface area contributed by atoms with Crippen molar-refractivity contribution >= 4 is 29.2 Å². The van der Waals surface area contributed by atoms with Gasteiger partial charge in [0, 0.05) is 43.3 Å². The molecule has 1 N–H and O–H groups in total. The summed E-state index contributed by atoms with van der Waals surface area (Å²) in [6.45, 7) is 7.77. The zero-order valence-electron chi connectivity index (χ0n) is 18.4. The lowest BCUT2D eigenvalue weighted by Crippen LogP contribution is -2.54. The maximum Gasteiger partial charge on any atom is 0.305 e. The third-order valence-electron chi connectivity index (χ3n) is 7.45. The number of esters is 1. The number of methoxy groups -OCH3 is 1. The number of rotatable bonds is 4. The molecule has 4 atom stereocenters. The Morgan fingerprint density at radius 2 is 1.94 bits per heavy atom. The van der Waals surface area contributed by atoms with Gasteiger partial charge in [-0.1, -0.05) is 31.7 Å². The molecule has 164 valence electrons. The predicted octanol–water partition coefficient (Wildman–Crippen LogP) is 4.59. The molecule has 0 radical (unpaired) electrons. The van der Waals surface area contributed by atoms with Crippen molar-refractivity contribution in [1.29, 1.82) is 0 Å². The van der Waals surface area contributed by atoms with Crippen LogP contribution in [0.1, 0.15) is 32.3 Å². The van der Waals surface area contributed by atoms with Crippen LogP contribution in [0.3, 0.4) is 0 Å². The van der Waals surface area contributed by atoms with Gasteiger partial charge in [-0.25, -0.2) is 9.97 Å². The highest BCUT2D eigenvalue weighted by molar-refractivity contribution is 7.99. The summed E-state index contributed by atoms with van der Waals surface area (Å²) in [6.07, 6.45) is 5.28. The second kappa shape index (κ2) is 8.43. The Morgan fingerprint density at radius 3 is 2.68 bits per heavy atom. The fourth-order valence-corrected chi connectivity index (χ4v) is 6.82. The molecule has 2 fully saturated rings. The Kier molecular flexibility index (Phi) is 5.65. The smallest absolute Gasteiger partial charge is 0.305 e. The van der Waals surface area contributed by atoms with Crippen molar-refractivity contribution < 1.29 is 9.53 Å². The van der Waals surface area contributed by atoms with Crippen LogP contribution in [-0.2, 0) is 16.1 Å². The van der Waals surface area contributed by atoms with Crippen LogP contribution in [0, 0.1) is 29.6 Å². The quantitative estimate of drug-likeness (QED) is 0.598. The van der Waals surface area contributed by atoms with Crippen molar-refractivity contribution in [1.82, 2.24) is 14.9 Å². The highest BCUT2D eigenvalue weighted by Crippen LogP contribution is 2.48. The summed E-state index contributed by atoms with van der Waals surface area (Å²) in [4.78, 5) is 24.7. The van der Waals surface area contributed by atoms with E-state index in [-0.39, 0.29) is 5.97 Å². The normalized spacial score (nSPS) is 29.5. The van der Waals surface area contributed by atoms with Gasteiger partial charge in [-0.15, -0.1) is 0 Å². The summed E-state index contributed by atoms with van der Waals surface area (Å²) in [6, 6.07) is 6.68. The minimum atomic E-state index is -0.0589. The number of piperidine rings is 1. The number of hydrogen-bond acceptors (Lipinski definition) is 7. The molecule has 1 aromatic carbocycles. The molecule has 3 heterocycles. The number of hydrogen-bond donors (Lipinski definition) is 1. The van der Waals surface area contributed by atoms with Gasteiger partial charge >= 0.3 is 5.97 Å². The average molecular weight is 439 g/mol. The van der Waals surface area contributed by atoms with Crippen molar-refractivity contribution in [2.45, 2.75) is 43.2 Å². The number of carbonyl (C=O) groups is 1. The van der Waals surface area contributed by atoms with E-state index < -0.39 is 0 Å². The first kappa shape index (κ1) is 20.8. The van der Waals surface area contributed by atoms with E-state index in [4.69, 9.17) is 4.74 Å². The zero-order chi connectivity index (χ0) is 21.5. The second-order valence-corrected chi connectivity index (χ2v) is 10.5. The first-order valence-corrected chi connectivity index (χ1v) is 12.0. The molecule has 6 nitrogen and oxygen atoms in total. The van der Waals surface area contributed by atoms with Crippen molar-refractivity contribution in [3.05, 3.63) is 36.2 Å². The van der Waals surface area contributed by atoms with Gasteiger partial charge in [-0.3, -0.25) is 9.69 Å². The number of carbonyl (C=O) groups excluding carboxylic acids is 1. The first-order valence-electron chi connectivity index (χ1n) is 11.2. The van der Waals surface area contributed by atoms with Crippen LogP contribution >= 0.6 is 11.8 Å². The third kappa shape index (κ3) is 4.05. The molecule has 1 aromatic heterocycles. The number of likely N-dealkylation sites (tertiary alicyclic amines) is 1. The third-order valence-corrected chi connectivity index (χ3v) is 8.52. The standard InChI is InChI=1S/C24H30N4O2S/c1-14-8-15(2)19-13-28(12-18(14)17(19)10-22(29)30-3)11-16-4-5-21-20(9-16)27-23-24(31-21)26-7-6-25-23/h4-7,9,14-15,17-19H,8,10-13H2,1-3H3,(H,25,27). The number of aromatic nitrogens is 2. The predicted molar refractivity (Wildman–Crippen MR) is 121 cm³/mol. The highest BCUT2D eigenvalue weighted by Gasteiger charge is 2.46. The lowest BCUT2D eigenvalue weighted by atomic mass is 9.59. The SMILES string of the molecule is COC(=O)CC1C2CN(Cc3ccc4c(c3)Nc3nccnc3S4)CC1C(C)CC2C. The average Bonchev–Trinajstić information content (AvgIpc) is 2.77. The van der Waals surface area contributed by atoms with Crippen molar-refractivity contribution in [3.8, 4) is 0 Å². The molecule has 1 aliphatic carbocycles. The Bertz CT molecular complexity index is 966. The molecule has 5 rings (SSSR count). The van der Waals surface area contributed by atoms with E-state index in [0.717, 1.165) is 36.2 Å².